The second-order valence-corrected chi connectivity index (χ2v) is 8.51. The molecular weight excluding hydrogens is 447 g/mol. The van der Waals surface area contributed by atoms with E-state index in [4.69, 9.17) is 0 Å². The number of benzene rings is 2. The number of ether oxygens (including phenoxy) is 1. The van der Waals surface area contributed by atoms with Gasteiger partial charge in [0.05, 0.1) is 5.75 Å². The first-order chi connectivity index (χ1) is 14.7. The Hall–Kier alpha value is -2.72. The highest BCUT2D eigenvalue weighted by molar-refractivity contribution is 7.99. The molecule has 162 valence electrons. The van der Waals surface area contributed by atoms with Crippen molar-refractivity contribution in [1.82, 2.24) is 9.97 Å². The molecule has 0 spiro atoms. The summed E-state index contributed by atoms with van der Waals surface area (Å²) in [5, 5.41) is 3.38. The van der Waals surface area contributed by atoms with Crippen LogP contribution in [0, 0.1) is 13.8 Å². The van der Waals surface area contributed by atoms with Gasteiger partial charge in [0.2, 0.25) is 5.91 Å². The van der Waals surface area contributed by atoms with E-state index in [1.165, 1.54) is 35.7 Å². The van der Waals surface area contributed by atoms with E-state index >= 15 is 0 Å². The molecule has 0 fully saturated rings. The SMILES string of the molecule is Cc1cc(C)nc(SCC(=O)Nc2ccc(Sc3ccc(OC(F)(F)F)cc3)cc2)n1. The van der Waals surface area contributed by atoms with Crippen molar-refractivity contribution in [3.05, 3.63) is 66.0 Å². The van der Waals surface area contributed by atoms with Gasteiger partial charge >= 0.3 is 6.36 Å². The monoisotopic (exact) mass is 465 g/mol. The summed E-state index contributed by atoms with van der Waals surface area (Å²) in [6.45, 7) is 3.76. The van der Waals surface area contributed by atoms with Gasteiger partial charge in [-0.2, -0.15) is 0 Å². The van der Waals surface area contributed by atoms with Crippen LogP contribution in [-0.4, -0.2) is 28.0 Å². The van der Waals surface area contributed by atoms with Gasteiger partial charge in [0.25, 0.3) is 0 Å². The van der Waals surface area contributed by atoms with E-state index in [0.717, 1.165) is 21.2 Å². The summed E-state index contributed by atoms with van der Waals surface area (Å²) < 4.78 is 40.5. The maximum absolute atomic E-state index is 12.2. The Kier molecular flexibility index (Phi) is 7.45. The van der Waals surface area contributed by atoms with Gasteiger partial charge in [0.15, 0.2) is 5.16 Å². The van der Waals surface area contributed by atoms with E-state index in [0.29, 0.717) is 10.8 Å². The molecule has 0 saturated carbocycles. The minimum Gasteiger partial charge on any atom is -0.406 e. The molecule has 1 heterocycles. The molecule has 2 aromatic carbocycles. The van der Waals surface area contributed by atoms with Crippen LogP contribution in [0.3, 0.4) is 0 Å². The Morgan fingerprint density at radius 1 is 0.968 bits per heavy atom. The fraction of sp³-hybridized carbons (Fsp3) is 0.190. The van der Waals surface area contributed by atoms with Gasteiger partial charge in [-0.1, -0.05) is 23.5 Å². The lowest BCUT2D eigenvalue weighted by Gasteiger charge is -2.09. The largest absolute Gasteiger partial charge is 0.573 e. The zero-order chi connectivity index (χ0) is 22.4. The number of nitrogens with one attached hydrogen (secondary N) is 1. The van der Waals surface area contributed by atoms with Crippen LogP contribution in [0.4, 0.5) is 18.9 Å². The molecule has 0 bridgehead atoms. The Morgan fingerprint density at radius 2 is 1.52 bits per heavy atom. The molecule has 0 saturated heterocycles. The van der Waals surface area contributed by atoms with Crippen LogP contribution in [0.15, 0.2) is 69.5 Å². The van der Waals surface area contributed by atoms with Gasteiger partial charge in [0, 0.05) is 26.9 Å². The number of alkyl halides is 3. The summed E-state index contributed by atoms with van der Waals surface area (Å²) in [7, 11) is 0. The number of halogens is 3. The lowest BCUT2D eigenvalue weighted by Crippen LogP contribution is -2.16. The number of anilines is 1. The predicted molar refractivity (Wildman–Crippen MR) is 115 cm³/mol. The molecule has 0 aliphatic rings. The Labute approximate surface area is 185 Å². The van der Waals surface area contributed by atoms with Crippen LogP contribution in [0.25, 0.3) is 0 Å². The van der Waals surface area contributed by atoms with E-state index < -0.39 is 6.36 Å². The number of carbonyl (C=O) groups is 1. The zero-order valence-electron chi connectivity index (χ0n) is 16.6. The first-order valence-electron chi connectivity index (χ1n) is 9.05. The van der Waals surface area contributed by atoms with Crippen molar-refractivity contribution in [2.75, 3.05) is 11.1 Å². The highest BCUT2D eigenvalue weighted by atomic mass is 32.2. The highest BCUT2D eigenvalue weighted by Crippen LogP contribution is 2.31. The summed E-state index contributed by atoms with van der Waals surface area (Å²) in [4.78, 5) is 22.4. The van der Waals surface area contributed by atoms with E-state index in [1.54, 1.807) is 24.3 Å². The predicted octanol–water partition coefficient (Wildman–Crippen LogP) is 5.87. The Bertz CT molecular complexity index is 1020. The van der Waals surface area contributed by atoms with Crippen molar-refractivity contribution in [1.29, 1.82) is 0 Å². The smallest absolute Gasteiger partial charge is 0.406 e. The standard InChI is InChI=1S/C21H18F3N3O2S2/c1-13-11-14(2)26-20(25-13)30-12-19(28)27-15-3-7-17(8-4-15)31-18-9-5-16(6-10-18)29-21(22,23)24/h3-11H,12H2,1-2H3,(H,27,28). The normalized spacial score (nSPS) is 11.3. The molecule has 5 nitrogen and oxygen atoms in total. The number of aryl methyl sites for hydroxylation is 2. The van der Waals surface area contributed by atoms with Gasteiger partial charge in [-0.15, -0.1) is 13.2 Å². The van der Waals surface area contributed by atoms with Crippen molar-refractivity contribution < 1.29 is 22.7 Å². The van der Waals surface area contributed by atoms with Gasteiger partial charge in [0.1, 0.15) is 5.75 Å². The number of nitrogens with zero attached hydrogens (tertiary/aromatic N) is 2. The molecule has 0 aliphatic heterocycles. The summed E-state index contributed by atoms with van der Waals surface area (Å²) >= 11 is 2.65. The Morgan fingerprint density at radius 3 is 2.06 bits per heavy atom. The quantitative estimate of drug-likeness (QED) is 0.348. The number of rotatable bonds is 7. The third-order valence-electron chi connectivity index (χ3n) is 3.73. The van der Waals surface area contributed by atoms with Crippen LogP contribution in [0.2, 0.25) is 0 Å². The molecule has 0 aliphatic carbocycles. The maximum Gasteiger partial charge on any atom is 0.573 e. The molecule has 1 N–H and O–H groups in total. The summed E-state index contributed by atoms with van der Waals surface area (Å²) in [5.74, 6) is -0.251. The minimum absolute atomic E-state index is 0.173. The second kappa shape index (κ2) is 10.1. The van der Waals surface area contributed by atoms with Crippen LogP contribution in [0.5, 0.6) is 5.75 Å². The third kappa shape index (κ3) is 7.80. The van der Waals surface area contributed by atoms with Gasteiger partial charge in [-0.05, 0) is 68.4 Å². The van der Waals surface area contributed by atoms with Crippen LogP contribution < -0.4 is 10.1 Å². The van der Waals surface area contributed by atoms with E-state index in [1.807, 2.05) is 32.0 Å². The van der Waals surface area contributed by atoms with Crippen molar-refractivity contribution in [3.63, 3.8) is 0 Å². The summed E-state index contributed by atoms with van der Waals surface area (Å²) in [6.07, 6.45) is -4.71. The van der Waals surface area contributed by atoms with Crippen molar-refractivity contribution in [2.45, 2.75) is 35.2 Å². The molecule has 3 rings (SSSR count). The Balaban J connectivity index is 1.51. The van der Waals surface area contributed by atoms with Crippen LogP contribution in [-0.2, 0) is 4.79 Å². The van der Waals surface area contributed by atoms with Crippen LogP contribution >= 0.6 is 23.5 Å². The number of thioether (sulfide) groups is 1. The van der Waals surface area contributed by atoms with E-state index in [9.17, 15) is 18.0 Å². The lowest BCUT2D eigenvalue weighted by atomic mass is 10.3. The van der Waals surface area contributed by atoms with E-state index in [-0.39, 0.29) is 17.4 Å². The fourth-order valence-corrected chi connectivity index (χ4v) is 4.10. The minimum atomic E-state index is -4.71. The molecule has 3 aromatic rings. The van der Waals surface area contributed by atoms with Gasteiger partial charge in [-0.3, -0.25) is 4.79 Å². The molecule has 1 amide bonds. The number of carbonyl (C=O) groups excluding carboxylic acids is 1. The molecule has 0 radical (unpaired) electrons. The van der Waals surface area contributed by atoms with Crippen LogP contribution in [0.1, 0.15) is 11.4 Å². The average molecular weight is 466 g/mol. The highest BCUT2D eigenvalue weighted by Gasteiger charge is 2.30. The lowest BCUT2D eigenvalue weighted by molar-refractivity contribution is -0.274. The van der Waals surface area contributed by atoms with Crippen molar-refractivity contribution in [2.24, 2.45) is 0 Å². The number of aromatic nitrogens is 2. The average Bonchev–Trinajstić information content (AvgIpc) is 2.68. The zero-order valence-corrected chi connectivity index (χ0v) is 18.2. The second-order valence-electron chi connectivity index (χ2n) is 6.42. The van der Waals surface area contributed by atoms with Crippen molar-refractivity contribution in [3.8, 4) is 5.75 Å². The summed E-state index contributed by atoms with van der Waals surface area (Å²) in [6, 6.07) is 14.7. The van der Waals surface area contributed by atoms with E-state index in [2.05, 4.69) is 20.0 Å². The molecule has 31 heavy (non-hydrogen) atoms. The molecule has 1 aromatic heterocycles. The first-order valence-corrected chi connectivity index (χ1v) is 10.9. The van der Waals surface area contributed by atoms with Gasteiger partial charge in [-0.25, -0.2) is 9.97 Å². The molecular formula is C21H18F3N3O2S2. The third-order valence-corrected chi connectivity index (χ3v) is 5.59. The van der Waals surface area contributed by atoms with Gasteiger partial charge < -0.3 is 10.1 Å². The topological polar surface area (TPSA) is 64.1 Å². The summed E-state index contributed by atoms with van der Waals surface area (Å²) in [5.41, 5.74) is 2.35. The fourth-order valence-electron chi connectivity index (χ4n) is 2.54. The molecule has 10 heteroatoms. The molecule has 0 atom stereocenters. The van der Waals surface area contributed by atoms with Crippen molar-refractivity contribution >= 4 is 35.1 Å². The first kappa shape index (κ1) is 23.0. The number of hydrogen-bond donors (Lipinski definition) is 1. The maximum atomic E-state index is 12.2. The molecule has 0 unspecified atom stereocenters. The number of amides is 1. The number of hydrogen-bond acceptors (Lipinski definition) is 6.